The maximum atomic E-state index is 13.7. The number of rotatable bonds is 4. The van der Waals surface area contributed by atoms with Gasteiger partial charge in [-0.3, -0.25) is 0 Å². The van der Waals surface area contributed by atoms with Gasteiger partial charge in [-0.2, -0.15) is 18.3 Å². The minimum absolute atomic E-state index is 0.113. The van der Waals surface area contributed by atoms with E-state index in [4.69, 9.17) is 0 Å². The van der Waals surface area contributed by atoms with Crippen LogP contribution < -0.4 is 0 Å². The monoisotopic (exact) mass is 383 g/mol. The zero-order valence-corrected chi connectivity index (χ0v) is 14.6. The molecule has 0 aliphatic heterocycles. The first-order valence-electron chi connectivity index (χ1n) is 8.63. The lowest BCUT2D eigenvalue weighted by molar-refractivity contribution is -0.110. The van der Waals surface area contributed by atoms with Gasteiger partial charge in [0.1, 0.15) is 11.7 Å². The first-order chi connectivity index (χ1) is 13.4. The molecule has 0 atom stereocenters. The molecule has 2 nitrogen and oxygen atoms in total. The molecule has 28 heavy (non-hydrogen) atoms. The first-order valence-corrected chi connectivity index (χ1v) is 8.63. The van der Waals surface area contributed by atoms with Crippen LogP contribution in [0.2, 0.25) is 0 Å². The summed E-state index contributed by atoms with van der Waals surface area (Å²) < 4.78 is 55.8. The Morgan fingerprint density at radius 2 is 1.61 bits per heavy atom. The number of benzene rings is 3. The van der Waals surface area contributed by atoms with Gasteiger partial charge in [0.15, 0.2) is 0 Å². The maximum Gasteiger partial charge on any atom is 0.399 e. The fourth-order valence-electron chi connectivity index (χ4n) is 3.17. The van der Waals surface area contributed by atoms with Gasteiger partial charge in [0.25, 0.3) is 0 Å². The molecule has 4 rings (SSSR count). The Bertz CT molecular complexity index is 1080. The first kappa shape index (κ1) is 18.2. The van der Waals surface area contributed by atoms with Crippen molar-refractivity contribution >= 4 is 10.9 Å². The summed E-state index contributed by atoms with van der Waals surface area (Å²) in [5.41, 5.74) is 1.99. The number of aromatic nitrogens is 2. The fourth-order valence-corrected chi connectivity index (χ4v) is 3.17. The number of halogens is 4. The number of nitrogens with zero attached hydrogens (tertiary/aromatic N) is 2. The standard InChI is InChI=1S/C22H15F4N2/c23-18-7-9-19(10-8-18)28-21-11-6-16(13-17(21)14-27-28)20(22(24,25)26)12-15-4-2-1-3-5-15/h1-11,13-14H,12H2. The fraction of sp³-hybridized carbons (Fsp3) is 0.0909. The molecule has 1 radical (unpaired) electrons. The molecule has 0 aliphatic carbocycles. The third kappa shape index (κ3) is 3.63. The molecule has 0 fully saturated rings. The van der Waals surface area contributed by atoms with Gasteiger partial charge >= 0.3 is 6.18 Å². The van der Waals surface area contributed by atoms with Crippen molar-refractivity contribution in [2.45, 2.75) is 12.6 Å². The smallest absolute Gasteiger partial charge is 0.233 e. The Kier molecular flexibility index (Phi) is 4.63. The van der Waals surface area contributed by atoms with Crippen molar-refractivity contribution < 1.29 is 17.6 Å². The molecule has 0 bridgehead atoms. The Labute approximate surface area is 159 Å². The highest BCUT2D eigenvalue weighted by atomic mass is 19.4. The van der Waals surface area contributed by atoms with Crippen LogP contribution in [0.3, 0.4) is 0 Å². The quantitative estimate of drug-likeness (QED) is 0.402. The molecule has 4 aromatic rings. The van der Waals surface area contributed by atoms with Crippen LogP contribution in [0.4, 0.5) is 17.6 Å². The normalized spacial score (nSPS) is 12.0. The Hall–Kier alpha value is -3.15. The third-order valence-corrected chi connectivity index (χ3v) is 4.55. The number of hydrogen-bond donors (Lipinski definition) is 0. The molecule has 141 valence electrons. The van der Waals surface area contributed by atoms with Crippen LogP contribution in [0.25, 0.3) is 16.6 Å². The van der Waals surface area contributed by atoms with Crippen LogP contribution in [-0.2, 0) is 6.42 Å². The van der Waals surface area contributed by atoms with E-state index in [-0.39, 0.29) is 17.8 Å². The van der Waals surface area contributed by atoms with E-state index in [0.717, 1.165) is 0 Å². The molecule has 1 heterocycles. The summed E-state index contributed by atoms with van der Waals surface area (Å²) in [4.78, 5) is 0. The van der Waals surface area contributed by atoms with Crippen LogP contribution in [0.1, 0.15) is 11.1 Å². The number of hydrogen-bond acceptors (Lipinski definition) is 1. The highest BCUT2D eigenvalue weighted by Crippen LogP contribution is 2.37. The van der Waals surface area contributed by atoms with Crippen molar-refractivity contribution in [3.63, 3.8) is 0 Å². The summed E-state index contributed by atoms with van der Waals surface area (Å²) in [5.74, 6) is -0.969. The number of alkyl halides is 3. The topological polar surface area (TPSA) is 17.8 Å². The highest BCUT2D eigenvalue weighted by molar-refractivity contribution is 5.81. The number of fused-ring (bicyclic) bond motifs is 1. The lowest BCUT2D eigenvalue weighted by Gasteiger charge is -2.20. The Morgan fingerprint density at radius 1 is 0.893 bits per heavy atom. The highest BCUT2D eigenvalue weighted by Gasteiger charge is 2.41. The van der Waals surface area contributed by atoms with Crippen molar-refractivity contribution in [3.8, 4) is 5.69 Å². The van der Waals surface area contributed by atoms with Crippen molar-refractivity contribution in [2.24, 2.45) is 0 Å². The molecule has 1 aromatic heterocycles. The average Bonchev–Trinajstić information content (AvgIpc) is 3.10. The molecule has 0 N–H and O–H groups in total. The van der Waals surface area contributed by atoms with Gasteiger partial charge in [0, 0.05) is 5.39 Å². The van der Waals surface area contributed by atoms with Crippen molar-refractivity contribution in [2.75, 3.05) is 0 Å². The van der Waals surface area contributed by atoms with Gasteiger partial charge in [-0.05, 0) is 53.9 Å². The summed E-state index contributed by atoms with van der Waals surface area (Å²) in [6.07, 6.45) is -3.14. The molecule has 0 aliphatic rings. The van der Waals surface area contributed by atoms with E-state index in [2.05, 4.69) is 5.10 Å². The van der Waals surface area contributed by atoms with Gasteiger partial charge in [-0.1, -0.05) is 36.4 Å². The molecule has 0 amide bonds. The van der Waals surface area contributed by atoms with E-state index in [0.29, 0.717) is 22.2 Å². The zero-order valence-electron chi connectivity index (χ0n) is 14.6. The van der Waals surface area contributed by atoms with Crippen LogP contribution >= 0.6 is 0 Å². The maximum absolute atomic E-state index is 13.7. The van der Waals surface area contributed by atoms with Crippen molar-refractivity contribution in [3.05, 3.63) is 102 Å². The predicted octanol–water partition coefficient (Wildman–Crippen LogP) is 5.89. The van der Waals surface area contributed by atoms with Gasteiger partial charge in [0.05, 0.1) is 17.4 Å². The van der Waals surface area contributed by atoms with Gasteiger partial charge in [-0.25, -0.2) is 9.07 Å². The largest absolute Gasteiger partial charge is 0.399 e. The minimum atomic E-state index is -4.45. The van der Waals surface area contributed by atoms with Crippen LogP contribution in [-0.4, -0.2) is 16.0 Å². The van der Waals surface area contributed by atoms with Gasteiger partial charge < -0.3 is 0 Å². The molecule has 3 aromatic carbocycles. The van der Waals surface area contributed by atoms with E-state index in [9.17, 15) is 17.6 Å². The SMILES string of the molecule is Fc1ccc(-n2ncc3cc([C](Cc4ccccc4)C(F)(F)F)ccc32)cc1. The summed E-state index contributed by atoms with van der Waals surface area (Å²) in [6.45, 7) is 0. The van der Waals surface area contributed by atoms with E-state index in [1.165, 1.54) is 30.5 Å². The second kappa shape index (κ2) is 7.11. The summed E-state index contributed by atoms with van der Waals surface area (Å²) in [6, 6.07) is 18.9. The van der Waals surface area contributed by atoms with E-state index < -0.39 is 12.1 Å². The van der Waals surface area contributed by atoms with Gasteiger partial charge in [0.2, 0.25) is 0 Å². The van der Waals surface area contributed by atoms with Crippen molar-refractivity contribution in [1.82, 2.24) is 9.78 Å². The summed E-state index contributed by atoms with van der Waals surface area (Å²) >= 11 is 0. The summed E-state index contributed by atoms with van der Waals surface area (Å²) in [5, 5.41) is 4.83. The molecular weight excluding hydrogens is 368 g/mol. The predicted molar refractivity (Wildman–Crippen MR) is 99.6 cm³/mol. The zero-order chi connectivity index (χ0) is 19.7. The molecule has 0 unspecified atom stereocenters. The molecule has 0 spiro atoms. The van der Waals surface area contributed by atoms with Gasteiger partial charge in [-0.15, -0.1) is 0 Å². The van der Waals surface area contributed by atoms with E-state index >= 15 is 0 Å². The lowest BCUT2D eigenvalue weighted by atomic mass is 9.91. The minimum Gasteiger partial charge on any atom is -0.233 e. The third-order valence-electron chi connectivity index (χ3n) is 4.55. The molecular formula is C22H15F4N2. The molecule has 0 saturated heterocycles. The Balaban J connectivity index is 1.72. The van der Waals surface area contributed by atoms with Crippen molar-refractivity contribution in [1.29, 1.82) is 0 Å². The van der Waals surface area contributed by atoms with Crippen LogP contribution in [0, 0.1) is 11.7 Å². The average molecular weight is 383 g/mol. The van der Waals surface area contributed by atoms with Crippen LogP contribution in [0.15, 0.2) is 79.0 Å². The van der Waals surface area contributed by atoms with E-state index in [1.54, 1.807) is 53.2 Å². The Morgan fingerprint density at radius 3 is 2.29 bits per heavy atom. The summed E-state index contributed by atoms with van der Waals surface area (Å²) in [7, 11) is 0. The van der Waals surface area contributed by atoms with E-state index in [1.807, 2.05) is 0 Å². The lowest BCUT2D eigenvalue weighted by Crippen LogP contribution is -2.24. The molecule has 6 heteroatoms. The second-order valence-corrected chi connectivity index (χ2v) is 6.45. The molecule has 0 saturated carbocycles. The van der Waals surface area contributed by atoms with Crippen LogP contribution in [0.5, 0.6) is 0 Å². The second-order valence-electron chi connectivity index (χ2n) is 6.45.